The minimum absolute atomic E-state index is 0.0194. The highest BCUT2D eigenvalue weighted by Gasteiger charge is 2.25. The highest BCUT2D eigenvalue weighted by atomic mass is 32.2. The number of hydrogen-bond donors (Lipinski definition) is 0. The average Bonchev–Trinajstić information content (AvgIpc) is 2.77. The van der Waals surface area contributed by atoms with Crippen molar-refractivity contribution in [3.8, 4) is 6.07 Å². The lowest BCUT2D eigenvalue weighted by Crippen LogP contribution is -2.40. The van der Waals surface area contributed by atoms with Crippen LogP contribution in [0.15, 0.2) is 53.4 Å². The van der Waals surface area contributed by atoms with Crippen LogP contribution in [0.1, 0.15) is 28.4 Å². The standard InChI is InChI=1S/C22H26N4O4S/c1-5-26(15-18-6-10-19(11-7-18)22(28)24(2)3)21(27)16-25(4)31(29,30)20-12-8-17(14-23)9-13-20/h6-13H,5,15-16H2,1-4H3. The molecule has 0 heterocycles. The van der Waals surface area contributed by atoms with Gasteiger partial charge in [-0.05, 0) is 48.9 Å². The molecule has 0 saturated heterocycles. The van der Waals surface area contributed by atoms with E-state index in [2.05, 4.69) is 0 Å². The molecule has 2 rings (SSSR count). The van der Waals surface area contributed by atoms with Crippen molar-refractivity contribution in [2.75, 3.05) is 34.2 Å². The van der Waals surface area contributed by atoms with Crippen LogP contribution < -0.4 is 0 Å². The van der Waals surface area contributed by atoms with Crippen LogP contribution >= 0.6 is 0 Å². The van der Waals surface area contributed by atoms with Gasteiger partial charge in [0.05, 0.1) is 23.1 Å². The summed E-state index contributed by atoms with van der Waals surface area (Å²) in [4.78, 5) is 27.8. The Balaban J connectivity index is 2.08. The number of sulfonamides is 1. The van der Waals surface area contributed by atoms with E-state index >= 15 is 0 Å². The summed E-state index contributed by atoms with van der Waals surface area (Å²) >= 11 is 0. The maximum atomic E-state index is 12.7. The zero-order chi connectivity index (χ0) is 23.2. The van der Waals surface area contributed by atoms with Crippen molar-refractivity contribution in [1.82, 2.24) is 14.1 Å². The Morgan fingerprint density at radius 2 is 1.55 bits per heavy atom. The van der Waals surface area contributed by atoms with Gasteiger partial charge in [0.1, 0.15) is 0 Å². The van der Waals surface area contributed by atoms with E-state index in [9.17, 15) is 18.0 Å². The monoisotopic (exact) mass is 442 g/mol. The highest BCUT2D eigenvalue weighted by Crippen LogP contribution is 2.16. The van der Waals surface area contributed by atoms with Crippen LogP contribution in [0.2, 0.25) is 0 Å². The van der Waals surface area contributed by atoms with Crippen molar-refractivity contribution in [3.63, 3.8) is 0 Å². The van der Waals surface area contributed by atoms with Crippen LogP contribution in [-0.2, 0) is 21.4 Å². The summed E-state index contributed by atoms with van der Waals surface area (Å²) in [6.45, 7) is 2.21. The van der Waals surface area contributed by atoms with E-state index < -0.39 is 10.0 Å². The minimum atomic E-state index is -3.86. The normalized spacial score (nSPS) is 11.1. The molecule has 0 fully saturated rings. The van der Waals surface area contributed by atoms with E-state index in [4.69, 9.17) is 5.26 Å². The minimum Gasteiger partial charge on any atom is -0.345 e. The molecule has 0 spiro atoms. The second kappa shape index (κ2) is 10.2. The molecular formula is C22H26N4O4S. The second-order valence-electron chi connectivity index (χ2n) is 7.20. The summed E-state index contributed by atoms with van der Waals surface area (Å²) in [5.41, 5.74) is 1.74. The fourth-order valence-electron chi connectivity index (χ4n) is 2.86. The van der Waals surface area contributed by atoms with Gasteiger partial charge in [-0.2, -0.15) is 9.57 Å². The molecule has 0 aliphatic carbocycles. The smallest absolute Gasteiger partial charge is 0.253 e. The van der Waals surface area contributed by atoms with Crippen molar-refractivity contribution in [3.05, 3.63) is 65.2 Å². The van der Waals surface area contributed by atoms with Gasteiger partial charge in [-0.1, -0.05) is 12.1 Å². The number of carbonyl (C=O) groups excluding carboxylic acids is 2. The van der Waals surface area contributed by atoms with E-state index in [1.165, 1.54) is 36.2 Å². The molecule has 31 heavy (non-hydrogen) atoms. The molecule has 0 atom stereocenters. The van der Waals surface area contributed by atoms with E-state index in [1.807, 2.05) is 13.0 Å². The van der Waals surface area contributed by atoms with Gasteiger partial charge in [-0.3, -0.25) is 9.59 Å². The Kier molecular flexibility index (Phi) is 7.91. The van der Waals surface area contributed by atoms with Gasteiger partial charge in [0, 0.05) is 39.8 Å². The molecule has 0 bridgehead atoms. The Hall–Kier alpha value is -3.22. The largest absolute Gasteiger partial charge is 0.345 e. The summed E-state index contributed by atoms with van der Waals surface area (Å²) < 4.78 is 26.5. The topological polar surface area (TPSA) is 102 Å². The van der Waals surface area contributed by atoms with Crippen LogP contribution in [0, 0.1) is 11.3 Å². The van der Waals surface area contributed by atoms with Crippen LogP contribution in [0.5, 0.6) is 0 Å². The molecule has 0 radical (unpaired) electrons. The Labute approximate surface area is 183 Å². The fraction of sp³-hybridized carbons (Fsp3) is 0.318. The van der Waals surface area contributed by atoms with Crippen molar-refractivity contribution < 1.29 is 18.0 Å². The molecule has 0 N–H and O–H groups in total. The molecule has 0 aliphatic heterocycles. The molecule has 2 aromatic rings. The highest BCUT2D eigenvalue weighted by molar-refractivity contribution is 7.89. The molecule has 2 amide bonds. The Bertz CT molecular complexity index is 1070. The number of nitriles is 1. The van der Waals surface area contributed by atoms with Crippen molar-refractivity contribution in [1.29, 1.82) is 5.26 Å². The average molecular weight is 443 g/mol. The van der Waals surface area contributed by atoms with Crippen molar-refractivity contribution >= 4 is 21.8 Å². The number of carbonyl (C=O) groups is 2. The molecular weight excluding hydrogens is 416 g/mol. The zero-order valence-corrected chi connectivity index (χ0v) is 18.9. The molecule has 9 heteroatoms. The Morgan fingerprint density at radius 3 is 2.03 bits per heavy atom. The summed E-state index contributed by atoms with van der Waals surface area (Å²) in [6, 6.07) is 14.5. The number of rotatable bonds is 8. The van der Waals surface area contributed by atoms with Crippen molar-refractivity contribution in [2.45, 2.75) is 18.4 Å². The lowest BCUT2D eigenvalue weighted by Gasteiger charge is -2.24. The van der Waals surface area contributed by atoms with Gasteiger partial charge in [-0.15, -0.1) is 0 Å². The SMILES string of the molecule is CCN(Cc1ccc(C(=O)N(C)C)cc1)C(=O)CN(C)S(=O)(=O)c1ccc(C#N)cc1. The van der Waals surface area contributed by atoms with Crippen LogP contribution in [0.25, 0.3) is 0 Å². The maximum Gasteiger partial charge on any atom is 0.253 e. The molecule has 0 aromatic heterocycles. The second-order valence-corrected chi connectivity index (χ2v) is 9.25. The Morgan fingerprint density at radius 1 is 0.968 bits per heavy atom. The number of amides is 2. The molecule has 0 unspecified atom stereocenters. The summed E-state index contributed by atoms with van der Waals surface area (Å²) in [7, 11) is 0.839. The third-order valence-corrected chi connectivity index (χ3v) is 6.58. The van der Waals surface area contributed by atoms with E-state index in [0.29, 0.717) is 24.2 Å². The first-order valence-corrected chi connectivity index (χ1v) is 11.1. The first-order valence-electron chi connectivity index (χ1n) is 9.65. The predicted octanol–water partition coefficient (Wildman–Crippen LogP) is 1.93. The number of nitrogens with zero attached hydrogens (tertiary/aromatic N) is 4. The third kappa shape index (κ3) is 5.90. The first-order chi connectivity index (χ1) is 14.6. The summed E-state index contributed by atoms with van der Waals surface area (Å²) in [5.74, 6) is -0.444. The van der Waals surface area contributed by atoms with Crippen LogP contribution in [0.3, 0.4) is 0 Å². The third-order valence-electron chi connectivity index (χ3n) is 4.76. The number of benzene rings is 2. The van der Waals surface area contributed by atoms with Crippen molar-refractivity contribution in [2.24, 2.45) is 0 Å². The van der Waals surface area contributed by atoms with Gasteiger partial charge in [-0.25, -0.2) is 8.42 Å². The fourth-order valence-corrected chi connectivity index (χ4v) is 3.98. The van der Waals surface area contributed by atoms with E-state index in [-0.39, 0.29) is 23.3 Å². The maximum absolute atomic E-state index is 12.7. The quantitative estimate of drug-likeness (QED) is 0.622. The lowest BCUT2D eigenvalue weighted by atomic mass is 10.1. The predicted molar refractivity (Wildman–Crippen MR) is 117 cm³/mol. The van der Waals surface area contributed by atoms with Crippen LogP contribution in [-0.4, -0.2) is 68.6 Å². The number of likely N-dealkylation sites (N-methyl/N-ethyl adjacent to an activating group) is 2. The van der Waals surface area contributed by atoms with Gasteiger partial charge in [0.15, 0.2) is 0 Å². The first kappa shape index (κ1) is 24.1. The molecule has 0 aliphatic rings. The molecule has 8 nitrogen and oxygen atoms in total. The van der Waals surface area contributed by atoms with Gasteiger partial charge in [0.2, 0.25) is 15.9 Å². The van der Waals surface area contributed by atoms with Gasteiger partial charge in [0.25, 0.3) is 5.91 Å². The molecule has 2 aromatic carbocycles. The number of hydrogen-bond acceptors (Lipinski definition) is 5. The van der Waals surface area contributed by atoms with Gasteiger partial charge < -0.3 is 9.80 Å². The summed E-state index contributed by atoms with van der Waals surface area (Å²) in [6.07, 6.45) is 0. The van der Waals surface area contributed by atoms with Crippen LogP contribution in [0.4, 0.5) is 0 Å². The molecule has 0 saturated carbocycles. The zero-order valence-electron chi connectivity index (χ0n) is 18.1. The lowest BCUT2D eigenvalue weighted by molar-refractivity contribution is -0.131. The van der Waals surface area contributed by atoms with E-state index in [1.54, 1.807) is 43.3 Å². The van der Waals surface area contributed by atoms with E-state index in [0.717, 1.165) is 9.87 Å². The summed E-state index contributed by atoms with van der Waals surface area (Å²) in [5, 5.41) is 8.86. The molecule has 164 valence electrons. The van der Waals surface area contributed by atoms with Gasteiger partial charge >= 0.3 is 0 Å².